The van der Waals surface area contributed by atoms with Crippen molar-refractivity contribution in [3.8, 4) is 11.3 Å². The van der Waals surface area contributed by atoms with E-state index >= 15 is 0 Å². The Kier molecular flexibility index (Phi) is 5.09. The average Bonchev–Trinajstić information content (AvgIpc) is 2.74. The zero-order chi connectivity index (χ0) is 19.5. The molecule has 0 aliphatic carbocycles. The molecule has 4 rings (SSSR count). The fourth-order valence-corrected chi connectivity index (χ4v) is 3.36. The Bertz CT molecular complexity index is 1120. The number of carbonyl (C=O) groups is 1. The van der Waals surface area contributed by atoms with Gasteiger partial charge in [-0.05, 0) is 36.8 Å². The van der Waals surface area contributed by atoms with Crippen LogP contribution >= 0.6 is 11.6 Å². The van der Waals surface area contributed by atoms with Crippen LogP contribution in [-0.4, -0.2) is 10.9 Å². The summed E-state index contributed by atoms with van der Waals surface area (Å²) >= 11 is 6.01. The molecule has 1 amide bonds. The molecule has 0 aliphatic heterocycles. The number of benzene rings is 3. The van der Waals surface area contributed by atoms with E-state index in [9.17, 15) is 4.79 Å². The van der Waals surface area contributed by atoms with Crippen LogP contribution < -0.4 is 5.32 Å². The maximum Gasteiger partial charge on any atom is 0.252 e. The van der Waals surface area contributed by atoms with Gasteiger partial charge in [-0.25, -0.2) is 4.98 Å². The Hall–Kier alpha value is -3.17. The number of pyridine rings is 1. The van der Waals surface area contributed by atoms with Crippen LogP contribution in [0.25, 0.3) is 22.2 Å². The highest BCUT2D eigenvalue weighted by molar-refractivity contribution is 6.30. The zero-order valence-electron chi connectivity index (χ0n) is 15.4. The summed E-state index contributed by atoms with van der Waals surface area (Å²) in [5, 5.41) is 4.60. The van der Waals surface area contributed by atoms with Gasteiger partial charge in [-0.2, -0.15) is 0 Å². The molecule has 0 radical (unpaired) electrons. The number of fused-ring (bicyclic) bond motifs is 1. The summed E-state index contributed by atoms with van der Waals surface area (Å²) in [6.07, 6.45) is 0. The molecule has 0 bridgehead atoms. The Morgan fingerprint density at radius 2 is 1.61 bits per heavy atom. The Morgan fingerprint density at radius 1 is 0.929 bits per heavy atom. The first-order chi connectivity index (χ1) is 13.6. The number of hydrogen-bond acceptors (Lipinski definition) is 2. The summed E-state index contributed by atoms with van der Waals surface area (Å²) < 4.78 is 0. The molecule has 4 heteroatoms. The first-order valence-corrected chi connectivity index (χ1v) is 9.51. The summed E-state index contributed by atoms with van der Waals surface area (Å²) in [5.41, 5.74) is 4.12. The number of amides is 1. The third-order valence-electron chi connectivity index (χ3n) is 4.75. The predicted molar refractivity (Wildman–Crippen MR) is 115 cm³/mol. The molecule has 4 aromatic rings. The van der Waals surface area contributed by atoms with Crippen LogP contribution in [0, 0.1) is 0 Å². The molecule has 0 fully saturated rings. The number of para-hydroxylation sites is 1. The summed E-state index contributed by atoms with van der Waals surface area (Å²) in [5.74, 6) is -0.120. The second-order valence-electron chi connectivity index (χ2n) is 6.68. The lowest BCUT2D eigenvalue weighted by Gasteiger charge is -2.16. The Balaban J connectivity index is 1.74. The van der Waals surface area contributed by atoms with E-state index in [4.69, 9.17) is 16.6 Å². The minimum atomic E-state index is -0.120. The highest BCUT2D eigenvalue weighted by Gasteiger charge is 2.16. The number of hydrogen-bond donors (Lipinski definition) is 1. The van der Waals surface area contributed by atoms with Gasteiger partial charge in [0.1, 0.15) is 0 Å². The van der Waals surface area contributed by atoms with Crippen LogP contribution in [0.5, 0.6) is 0 Å². The van der Waals surface area contributed by atoms with Crippen LogP contribution in [0.1, 0.15) is 28.9 Å². The molecule has 1 heterocycles. The third-order valence-corrected chi connectivity index (χ3v) is 5.00. The third kappa shape index (κ3) is 3.75. The van der Waals surface area contributed by atoms with Gasteiger partial charge < -0.3 is 5.32 Å². The summed E-state index contributed by atoms with van der Waals surface area (Å²) in [7, 11) is 0. The van der Waals surface area contributed by atoms with Gasteiger partial charge in [0.15, 0.2) is 0 Å². The lowest BCUT2D eigenvalue weighted by atomic mass is 10.0. The van der Waals surface area contributed by atoms with Gasteiger partial charge in [0, 0.05) is 16.0 Å². The van der Waals surface area contributed by atoms with E-state index in [1.165, 1.54) is 0 Å². The molecular weight excluding hydrogens is 368 g/mol. The number of rotatable bonds is 4. The van der Waals surface area contributed by atoms with Gasteiger partial charge in [-0.3, -0.25) is 4.79 Å². The normalized spacial score (nSPS) is 11.9. The number of aromatic nitrogens is 1. The van der Waals surface area contributed by atoms with E-state index in [0.717, 1.165) is 27.7 Å². The largest absolute Gasteiger partial charge is 0.345 e. The number of halogens is 1. The van der Waals surface area contributed by atoms with Crippen molar-refractivity contribution in [1.29, 1.82) is 0 Å². The van der Waals surface area contributed by atoms with Crippen molar-refractivity contribution < 1.29 is 4.79 Å². The second kappa shape index (κ2) is 7.83. The van der Waals surface area contributed by atoms with E-state index in [-0.39, 0.29) is 11.9 Å². The van der Waals surface area contributed by atoms with Gasteiger partial charge in [-0.1, -0.05) is 72.3 Å². The number of carbonyl (C=O) groups excluding carboxylic acids is 1. The molecule has 0 spiro atoms. The molecule has 0 saturated carbocycles. The molecule has 138 valence electrons. The molecule has 28 heavy (non-hydrogen) atoms. The summed E-state index contributed by atoms with van der Waals surface area (Å²) in [6, 6.07) is 26.8. The molecule has 1 atom stereocenters. The van der Waals surface area contributed by atoms with E-state index in [0.29, 0.717) is 10.6 Å². The molecule has 0 aliphatic rings. The van der Waals surface area contributed by atoms with Crippen LogP contribution in [-0.2, 0) is 0 Å². The molecule has 3 nitrogen and oxygen atoms in total. The highest BCUT2D eigenvalue weighted by atomic mass is 35.5. The zero-order valence-corrected chi connectivity index (χ0v) is 16.1. The lowest BCUT2D eigenvalue weighted by molar-refractivity contribution is 0.0941. The first-order valence-electron chi connectivity index (χ1n) is 9.13. The SMILES string of the molecule is C[C@H](NC(=O)c1cc(-c2ccc(Cl)cc2)nc2ccccc12)c1ccccc1. The molecule has 3 aromatic carbocycles. The van der Waals surface area contributed by atoms with Crippen molar-refractivity contribution in [2.75, 3.05) is 0 Å². The van der Waals surface area contributed by atoms with Crippen molar-refractivity contribution in [2.24, 2.45) is 0 Å². The van der Waals surface area contributed by atoms with Gasteiger partial charge >= 0.3 is 0 Å². The van der Waals surface area contributed by atoms with E-state index < -0.39 is 0 Å². The van der Waals surface area contributed by atoms with Crippen molar-refractivity contribution in [1.82, 2.24) is 10.3 Å². The van der Waals surface area contributed by atoms with E-state index in [1.807, 2.05) is 91.9 Å². The van der Waals surface area contributed by atoms with Gasteiger partial charge in [0.25, 0.3) is 5.91 Å². The maximum atomic E-state index is 13.1. The van der Waals surface area contributed by atoms with E-state index in [2.05, 4.69) is 5.32 Å². The summed E-state index contributed by atoms with van der Waals surface area (Å²) in [6.45, 7) is 1.98. The minimum absolute atomic E-state index is 0.0976. The van der Waals surface area contributed by atoms with E-state index in [1.54, 1.807) is 0 Å². The average molecular weight is 387 g/mol. The quantitative estimate of drug-likeness (QED) is 0.464. The monoisotopic (exact) mass is 386 g/mol. The van der Waals surface area contributed by atoms with Crippen LogP contribution in [0.15, 0.2) is 84.9 Å². The first kappa shape index (κ1) is 18.2. The van der Waals surface area contributed by atoms with Crippen molar-refractivity contribution in [3.63, 3.8) is 0 Å². The van der Waals surface area contributed by atoms with Crippen LogP contribution in [0.3, 0.4) is 0 Å². The highest BCUT2D eigenvalue weighted by Crippen LogP contribution is 2.26. The number of nitrogens with one attached hydrogen (secondary N) is 1. The standard InChI is InChI=1S/C24H19ClN2O/c1-16(17-7-3-2-4-8-17)26-24(28)21-15-23(18-11-13-19(25)14-12-18)27-22-10-6-5-9-20(21)22/h2-16H,1H3,(H,26,28)/t16-/m0/s1. The van der Waals surface area contributed by atoms with Gasteiger partial charge in [-0.15, -0.1) is 0 Å². The summed E-state index contributed by atoms with van der Waals surface area (Å²) in [4.78, 5) is 17.9. The smallest absolute Gasteiger partial charge is 0.252 e. The maximum absolute atomic E-state index is 13.1. The van der Waals surface area contributed by atoms with Crippen molar-refractivity contribution >= 4 is 28.4 Å². The molecule has 1 N–H and O–H groups in total. The molecule has 0 saturated heterocycles. The van der Waals surface area contributed by atoms with Crippen molar-refractivity contribution in [2.45, 2.75) is 13.0 Å². The second-order valence-corrected chi connectivity index (χ2v) is 7.12. The van der Waals surface area contributed by atoms with Crippen LogP contribution in [0.2, 0.25) is 5.02 Å². The predicted octanol–water partition coefficient (Wildman–Crippen LogP) is 6.05. The Morgan fingerprint density at radius 3 is 2.36 bits per heavy atom. The van der Waals surface area contributed by atoms with Crippen molar-refractivity contribution in [3.05, 3.63) is 101 Å². The molecular formula is C24H19ClN2O. The lowest BCUT2D eigenvalue weighted by Crippen LogP contribution is -2.27. The number of nitrogens with zero attached hydrogens (tertiary/aromatic N) is 1. The minimum Gasteiger partial charge on any atom is -0.345 e. The fourth-order valence-electron chi connectivity index (χ4n) is 3.23. The molecule has 1 aromatic heterocycles. The van der Waals surface area contributed by atoms with Gasteiger partial charge in [0.05, 0.1) is 22.8 Å². The Labute approximate surface area is 169 Å². The topological polar surface area (TPSA) is 42.0 Å². The molecule has 0 unspecified atom stereocenters. The fraction of sp³-hybridized carbons (Fsp3) is 0.0833. The van der Waals surface area contributed by atoms with Gasteiger partial charge in [0.2, 0.25) is 0 Å². The van der Waals surface area contributed by atoms with Crippen LogP contribution in [0.4, 0.5) is 0 Å².